The first-order chi connectivity index (χ1) is 11.8. The van der Waals surface area contributed by atoms with Crippen molar-refractivity contribution in [1.29, 1.82) is 0 Å². The van der Waals surface area contributed by atoms with Gasteiger partial charge in [0.15, 0.2) is 0 Å². The molecule has 0 amide bonds. The molecule has 2 heteroatoms. The molecule has 0 saturated heterocycles. The normalized spacial score (nSPS) is 9.84. The summed E-state index contributed by atoms with van der Waals surface area (Å²) in [6.45, 7) is 4.00. The summed E-state index contributed by atoms with van der Waals surface area (Å²) in [7, 11) is 6.48. The van der Waals surface area contributed by atoms with Gasteiger partial charge in [-0.05, 0) is 22.9 Å². The Kier molecular flexibility index (Phi) is 6.24. The van der Waals surface area contributed by atoms with Crippen molar-refractivity contribution in [3.05, 3.63) is 84.9 Å². The van der Waals surface area contributed by atoms with Crippen LogP contribution in [0.4, 0.5) is 11.4 Å². The molecule has 124 valence electrons. The third kappa shape index (κ3) is 3.53. The van der Waals surface area contributed by atoms with Crippen molar-refractivity contribution in [2.75, 3.05) is 4.81 Å². The molecule has 0 aliphatic carbocycles. The van der Waals surface area contributed by atoms with Crippen LogP contribution >= 0.6 is 0 Å². The highest BCUT2D eigenvalue weighted by Crippen LogP contribution is 2.34. The summed E-state index contributed by atoms with van der Waals surface area (Å²) in [6.07, 6.45) is 0. The molecular weight excluding hydrogens is 301 g/mol. The lowest BCUT2D eigenvalue weighted by Gasteiger charge is -2.24. The highest BCUT2D eigenvalue weighted by Gasteiger charge is 2.10. The average molecular weight is 325 g/mol. The lowest BCUT2D eigenvalue weighted by molar-refractivity contribution is 1.46. The quantitative estimate of drug-likeness (QED) is 0.363. The fourth-order valence-corrected chi connectivity index (χ4v) is 2.97. The largest absolute Gasteiger partial charge is 0.397 e. The van der Waals surface area contributed by atoms with Gasteiger partial charge in [-0.25, -0.2) is 0 Å². The second kappa shape index (κ2) is 8.39. The Balaban J connectivity index is 0.000000726. The zero-order valence-corrected chi connectivity index (χ0v) is 14.1. The van der Waals surface area contributed by atoms with Gasteiger partial charge >= 0.3 is 0 Å². The van der Waals surface area contributed by atoms with E-state index in [1.165, 1.54) is 10.8 Å². The predicted molar refractivity (Wildman–Crippen MR) is 114 cm³/mol. The topological polar surface area (TPSA) is 3.24 Å². The van der Waals surface area contributed by atoms with E-state index in [-0.39, 0.29) is 7.43 Å². The van der Waals surface area contributed by atoms with Crippen LogP contribution in [-0.4, -0.2) is 7.98 Å². The fourth-order valence-electron chi connectivity index (χ4n) is 2.97. The average Bonchev–Trinajstić information content (AvgIpc) is 2.68. The molecule has 0 N–H and O–H groups in total. The Morgan fingerprint density at radius 2 is 0.920 bits per heavy atom. The molecule has 0 fully saturated rings. The van der Waals surface area contributed by atoms with Gasteiger partial charge in [0.05, 0.1) is 0 Å². The van der Waals surface area contributed by atoms with Crippen molar-refractivity contribution in [1.82, 2.24) is 0 Å². The number of nitrogens with zero attached hydrogens (tertiary/aromatic N) is 1. The summed E-state index contributed by atoms with van der Waals surface area (Å²) in [5.74, 6) is 0. The summed E-state index contributed by atoms with van der Waals surface area (Å²) in [5.41, 5.74) is 2.02. The summed E-state index contributed by atoms with van der Waals surface area (Å²) in [4.78, 5) is 1.78. The maximum Gasteiger partial charge on any atom is 0.234 e. The minimum Gasteiger partial charge on any atom is -0.397 e. The second-order valence-electron chi connectivity index (χ2n) is 5.37. The van der Waals surface area contributed by atoms with E-state index in [0.29, 0.717) is 0 Å². The van der Waals surface area contributed by atoms with Crippen molar-refractivity contribution in [2.24, 2.45) is 0 Å². The van der Waals surface area contributed by atoms with Crippen LogP contribution < -0.4 is 4.81 Å². The number of hydrogen-bond acceptors (Lipinski definition) is 1. The van der Waals surface area contributed by atoms with Crippen molar-refractivity contribution >= 4 is 40.9 Å². The predicted octanol–water partition coefficient (Wildman–Crippen LogP) is 6.88. The van der Waals surface area contributed by atoms with Gasteiger partial charge in [0.25, 0.3) is 0 Å². The van der Waals surface area contributed by atoms with Crippen LogP contribution in [0, 0.1) is 0 Å². The molecular formula is C23H24BN. The highest BCUT2D eigenvalue weighted by atomic mass is 15.0. The molecule has 0 spiro atoms. The van der Waals surface area contributed by atoms with Crippen LogP contribution in [0.15, 0.2) is 84.9 Å². The Morgan fingerprint density at radius 3 is 1.36 bits per heavy atom. The maximum atomic E-state index is 6.48. The van der Waals surface area contributed by atoms with E-state index < -0.39 is 0 Å². The Bertz CT molecular complexity index is 872. The van der Waals surface area contributed by atoms with Crippen LogP contribution in [0.1, 0.15) is 21.3 Å². The molecule has 0 aliphatic rings. The fraction of sp³-hybridized carbons (Fsp3) is 0.130. The van der Waals surface area contributed by atoms with E-state index in [4.69, 9.17) is 7.98 Å². The SMILES string of the molecule is C.CC.[B]N(c1cccc2ccccc12)c1cccc2ccccc12. The van der Waals surface area contributed by atoms with Gasteiger partial charge in [-0.15, -0.1) is 0 Å². The second-order valence-corrected chi connectivity index (χ2v) is 5.37. The number of hydrogen-bond donors (Lipinski definition) is 0. The molecule has 2 radical (unpaired) electrons. The first-order valence-electron chi connectivity index (χ1n) is 8.35. The first kappa shape index (κ1) is 18.6. The minimum atomic E-state index is 0. The third-order valence-corrected chi connectivity index (χ3v) is 4.05. The molecule has 0 aromatic heterocycles. The lowest BCUT2D eigenvalue weighted by atomic mass is 10.0. The van der Waals surface area contributed by atoms with Crippen LogP contribution in [-0.2, 0) is 0 Å². The summed E-state index contributed by atoms with van der Waals surface area (Å²) in [6, 6.07) is 29.0. The van der Waals surface area contributed by atoms with Gasteiger partial charge in [0.1, 0.15) is 0 Å². The molecule has 0 aliphatic heterocycles. The molecule has 4 aromatic rings. The smallest absolute Gasteiger partial charge is 0.234 e. The van der Waals surface area contributed by atoms with Crippen molar-refractivity contribution in [2.45, 2.75) is 21.3 Å². The van der Waals surface area contributed by atoms with Gasteiger partial charge in [-0.2, -0.15) is 0 Å². The maximum absolute atomic E-state index is 6.48. The van der Waals surface area contributed by atoms with E-state index in [1.54, 1.807) is 4.81 Å². The van der Waals surface area contributed by atoms with Gasteiger partial charge in [0.2, 0.25) is 7.98 Å². The van der Waals surface area contributed by atoms with Crippen LogP contribution in [0.2, 0.25) is 0 Å². The van der Waals surface area contributed by atoms with E-state index in [2.05, 4.69) is 48.5 Å². The Morgan fingerprint density at radius 1 is 0.560 bits per heavy atom. The molecule has 0 unspecified atom stereocenters. The molecule has 0 heterocycles. The van der Waals surface area contributed by atoms with Crippen LogP contribution in [0.5, 0.6) is 0 Å². The van der Waals surface area contributed by atoms with E-state index in [1.807, 2.05) is 50.2 Å². The van der Waals surface area contributed by atoms with E-state index >= 15 is 0 Å². The third-order valence-electron chi connectivity index (χ3n) is 4.05. The van der Waals surface area contributed by atoms with E-state index in [9.17, 15) is 0 Å². The zero-order chi connectivity index (χ0) is 16.9. The number of rotatable bonds is 2. The van der Waals surface area contributed by atoms with Gasteiger partial charge in [-0.3, -0.25) is 0 Å². The lowest BCUT2D eigenvalue weighted by Crippen LogP contribution is -2.12. The van der Waals surface area contributed by atoms with Crippen LogP contribution in [0.3, 0.4) is 0 Å². The number of anilines is 2. The molecule has 0 atom stereocenters. The standard InChI is InChI=1S/C20H14BN.C2H6.CH4/c21-22(19-13-5-9-15-7-1-3-11-17(15)19)20-14-6-10-16-8-2-4-12-18(16)20;1-2;/h1-14H;1-2H3;1H4. The van der Waals surface area contributed by atoms with Gasteiger partial charge in [0, 0.05) is 22.1 Å². The number of fused-ring (bicyclic) bond motifs is 2. The molecule has 1 nitrogen and oxygen atoms in total. The van der Waals surface area contributed by atoms with E-state index in [0.717, 1.165) is 22.1 Å². The monoisotopic (exact) mass is 325 g/mol. The van der Waals surface area contributed by atoms with Crippen molar-refractivity contribution in [3.63, 3.8) is 0 Å². The molecule has 25 heavy (non-hydrogen) atoms. The van der Waals surface area contributed by atoms with Crippen molar-refractivity contribution < 1.29 is 0 Å². The summed E-state index contributed by atoms with van der Waals surface area (Å²) >= 11 is 0. The highest BCUT2D eigenvalue weighted by molar-refractivity contribution is 6.27. The minimum absolute atomic E-state index is 0. The molecule has 4 aromatic carbocycles. The number of benzene rings is 4. The molecule has 0 bridgehead atoms. The van der Waals surface area contributed by atoms with Crippen molar-refractivity contribution in [3.8, 4) is 0 Å². The van der Waals surface area contributed by atoms with Crippen LogP contribution in [0.25, 0.3) is 21.5 Å². The molecule has 4 rings (SSSR count). The summed E-state index contributed by atoms with van der Waals surface area (Å²) in [5, 5.41) is 4.69. The first-order valence-corrected chi connectivity index (χ1v) is 8.35. The molecule has 0 saturated carbocycles. The van der Waals surface area contributed by atoms with Gasteiger partial charge < -0.3 is 4.81 Å². The summed E-state index contributed by atoms with van der Waals surface area (Å²) < 4.78 is 0. The Hall–Kier alpha value is -2.74. The zero-order valence-electron chi connectivity index (χ0n) is 14.1. The van der Waals surface area contributed by atoms with Gasteiger partial charge in [-0.1, -0.05) is 94.1 Å². The Labute approximate surface area is 152 Å².